The van der Waals surface area contributed by atoms with E-state index in [1.807, 2.05) is 0 Å². The number of hydrogen-bond acceptors (Lipinski definition) is 10. The summed E-state index contributed by atoms with van der Waals surface area (Å²) in [5, 5.41) is 37.9. The number of carboxylic acids is 2. The average molecular weight is 501 g/mol. The van der Waals surface area contributed by atoms with Gasteiger partial charge in [0.25, 0.3) is 11.4 Å². The Hall–Kier alpha value is -3.53. The number of nitrogen functional groups attached to an aromatic ring is 2. The third-order valence-electron chi connectivity index (χ3n) is 3.03. The summed E-state index contributed by atoms with van der Waals surface area (Å²) in [6.07, 6.45) is 0. The van der Waals surface area contributed by atoms with E-state index in [-0.39, 0.29) is 38.3 Å². The van der Waals surface area contributed by atoms with Crippen molar-refractivity contribution in [2.75, 3.05) is 11.5 Å². The number of benzene rings is 2. The van der Waals surface area contributed by atoms with Crippen LogP contribution in [0, 0.1) is 20.2 Å². The molecular formula is C14H12BBrN5O8S. The van der Waals surface area contributed by atoms with E-state index in [4.69, 9.17) is 21.7 Å². The number of rotatable bonds is 4. The van der Waals surface area contributed by atoms with Crippen molar-refractivity contribution in [3.63, 3.8) is 0 Å². The molecule has 2 rings (SSSR count). The Morgan fingerprint density at radius 1 is 1.00 bits per heavy atom. The monoisotopic (exact) mass is 500 g/mol. The fraction of sp³-hybridized carbons (Fsp3) is 0. The van der Waals surface area contributed by atoms with Crippen molar-refractivity contribution in [3.8, 4) is 0 Å². The van der Waals surface area contributed by atoms with Crippen LogP contribution in [0.3, 0.4) is 0 Å². The van der Waals surface area contributed by atoms with Gasteiger partial charge >= 0.3 is 36.7 Å². The Labute approximate surface area is 182 Å². The van der Waals surface area contributed by atoms with Gasteiger partial charge < -0.3 is 21.7 Å². The minimum atomic E-state index is -1.30. The van der Waals surface area contributed by atoms with Crippen molar-refractivity contribution in [1.29, 1.82) is 0 Å². The van der Waals surface area contributed by atoms with Crippen LogP contribution < -0.4 is 11.5 Å². The molecule has 1 radical (unpaired) electrons. The number of nitrogens with two attached hydrogens (primary N) is 2. The molecule has 2 aromatic rings. The molecule has 13 nitrogen and oxygen atoms in total. The first-order chi connectivity index (χ1) is 13.9. The van der Waals surface area contributed by atoms with Gasteiger partial charge in [-0.25, -0.2) is 9.59 Å². The van der Waals surface area contributed by atoms with E-state index in [2.05, 4.69) is 40.7 Å². The number of nitro benzene ring substituents is 2. The van der Waals surface area contributed by atoms with Gasteiger partial charge in [0.05, 0.1) is 26.7 Å². The van der Waals surface area contributed by atoms with Crippen molar-refractivity contribution in [2.45, 2.75) is 0 Å². The number of nitrogens with zero attached hydrogens (tertiary/aromatic N) is 3. The van der Waals surface area contributed by atoms with Gasteiger partial charge in [0.15, 0.2) is 0 Å². The minimum absolute atomic E-state index is 0.0121. The van der Waals surface area contributed by atoms with Gasteiger partial charge in [-0.15, -0.1) is 0 Å². The normalized spacial score (nSPS) is 9.10. The zero-order chi connectivity index (χ0) is 23.6. The molecule has 0 unspecified atom stereocenters. The summed E-state index contributed by atoms with van der Waals surface area (Å²) < 4.78 is 2.89. The number of aromatic carboxylic acids is 2. The molecule has 0 amide bonds. The van der Waals surface area contributed by atoms with E-state index in [1.54, 1.807) is 0 Å². The molecule has 16 heteroatoms. The van der Waals surface area contributed by atoms with Gasteiger partial charge in [0, 0.05) is 34.4 Å². The van der Waals surface area contributed by atoms with Crippen LogP contribution in [0.4, 0.5) is 22.7 Å². The third kappa shape index (κ3) is 7.84. The van der Waals surface area contributed by atoms with Crippen LogP contribution in [0.1, 0.15) is 20.7 Å². The Morgan fingerprint density at radius 3 is 1.83 bits per heavy atom. The van der Waals surface area contributed by atoms with Gasteiger partial charge in [-0.1, -0.05) is 0 Å². The molecule has 30 heavy (non-hydrogen) atoms. The number of non-ortho nitro benzene ring substituents is 2. The molecular weight excluding hydrogens is 489 g/mol. The predicted octanol–water partition coefficient (Wildman–Crippen LogP) is 2.70. The molecule has 0 heterocycles. The Balaban J connectivity index is 0.000000497. The van der Waals surface area contributed by atoms with Gasteiger partial charge in [0.1, 0.15) is 0 Å². The number of anilines is 2. The predicted molar refractivity (Wildman–Crippen MR) is 114 cm³/mol. The topological polar surface area (TPSA) is 225 Å². The number of hydrogen-bond donors (Lipinski definition) is 5. The van der Waals surface area contributed by atoms with E-state index < -0.39 is 21.8 Å². The maximum absolute atomic E-state index is 10.6. The quantitative estimate of drug-likeness (QED) is 0.135. The van der Waals surface area contributed by atoms with Crippen LogP contribution in [0.5, 0.6) is 0 Å². The van der Waals surface area contributed by atoms with Crippen LogP contribution >= 0.6 is 28.7 Å². The second-order valence-corrected chi connectivity index (χ2v) is 5.99. The van der Waals surface area contributed by atoms with E-state index in [9.17, 15) is 29.8 Å². The molecule has 0 spiro atoms. The molecule has 0 saturated heterocycles. The van der Waals surface area contributed by atoms with E-state index in [0.717, 1.165) is 24.3 Å². The van der Waals surface area contributed by atoms with Gasteiger partial charge in [-0.05, 0) is 22.0 Å². The van der Waals surface area contributed by atoms with Crippen molar-refractivity contribution >= 4 is 71.1 Å². The molecule has 0 fully saturated rings. The van der Waals surface area contributed by atoms with Crippen LogP contribution in [-0.4, -0.2) is 39.6 Å². The fourth-order valence-corrected chi connectivity index (χ4v) is 2.18. The van der Waals surface area contributed by atoms with E-state index >= 15 is 0 Å². The zero-order valence-electron chi connectivity index (χ0n) is 14.6. The number of carboxylic acid groups (broad SMARTS) is 2. The number of thiol groups is 1. The summed E-state index contributed by atoms with van der Waals surface area (Å²) in [5.74, 6) is -2.58. The molecule has 0 bridgehead atoms. The Bertz CT molecular complexity index is 1010. The average Bonchev–Trinajstić information content (AvgIpc) is 2.64. The standard InChI is InChI=1S/C7H5BrN2O4.C7H6N2O4.BHNS/c8-5-2-3(10(13)14)1-4(6(5)9)7(11)12;8-6-2-1-4(9(12)13)3-5(6)7(10)11;1-2-3/h1-2H,9H2,(H,11,12);1-3H,8H2,(H,10,11);3H. The van der Waals surface area contributed by atoms with Gasteiger partial charge in [-0.2, -0.15) is 0 Å². The maximum atomic E-state index is 10.6. The first-order valence-electron chi connectivity index (χ1n) is 7.15. The Kier molecular flexibility index (Phi) is 10.7. The summed E-state index contributed by atoms with van der Waals surface area (Å²) >= 11 is 6.13. The first kappa shape index (κ1) is 26.5. The van der Waals surface area contributed by atoms with Crippen LogP contribution in [0.2, 0.25) is 0 Å². The number of nitro groups is 2. The van der Waals surface area contributed by atoms with Gasteiger partial charge in [0.2, 0.25) is 0 Å². The molecule has 0 atom stereocenters. The second-order valence-electron chi connectivity index (χ2n) is 4.90. The SMILES string of the molecule is Nc1c(Br)cc([N+](=O)[O-])cc1C(=O)O.Nc1ccc([N+](=O)[O-])cc1C(=O)O.[B]=NS. The first-order valence-corrected chi connectivity index (χ1v) is 8.34. The summed E-state index contributed by atoms with van der Waals surface area (Å²) in [4.78, 5) is 40.4. The van der Waals surface area contributed by atoms with Gasteiger partial charge in [-0.3, -0.25) is 20.2 Å². The number of halogens is 1. The van der Waals surface area contributed by atoms with Crippen molar-refractivity contribution < 1.29 is 29.6 Å². The Morgan fingerprint density at radius 2 is 1.43 bits per heavy atom. The van der Waals surface area contributed by atoms with Crippen LogP contribution in [-0.2, 0) is 0 Å². The van der Waals surface area contributed by atoms with Crippen LogP contribution in [0.25, 0.3) is 0 Å². The van der Waals surface area contributed by atoms with Crippen molar-refractivity contribution in [2.24, 2.45) is 4.30 Å². The van der Waals surface area contributed by atoms with Crippen molar-refractivity contribution in [1.82, 2.24) is 0 Å². The molecule has 157 valence electrons. The second kappa shape index (κ2) is 12.1. The molecule has 2 aromatic carbocycles. The molecule has 0 aliphatic rings. The zero-order valence-corrected chi connectivity index (χ0v) is 17.1. The molecule has 0 saturated carbocycles. The fourth-order valence-electron chi connectivity index (χ4n) is 1.73. The molecule has 6 N–H and O–H groups in total. The summed E-state index contributed by atoms with van der Waals surface area (Å²) in [5.41, 5.74) is 9.53. The molecule has 0 aliphatic heterocycles. The number of carbonyl (C=O) groups is 2. The summed E-state index contributed by atoms with van der Waals surface area (Å²) in [6, 6.07) is 5.35. The summed E-state index contributed by atoms with van der Waals surface area (Å²) in [7, 11) is 4.34. The van der Waals surface area contributed by atoms with E-state index in [0.29, 0.717) is 0 Å². The van der Waals surface area contributed by atoms with Crippen molar-refractivity contribution in [3.05, 3.63) is 66.2 Å². The third-order valence-corrected chi connectivity index (χ3v) is 3.69. The van der Waals surface area contributed by atoms with E-state index in [1.165, 1.54) is 6.07 Å². The molecule has 0 aromatic heterocycles. The molecule has 0 aliphatic carbocycles. The van der Waals surface area contributed by atoms with Crippen LogP contribution in [0.15, 0.2) is 39.1 Å². The summed E-state index contributed by atoms with van der Waals surface area (Å²) in [6.45, 7) is 0.